The zero-order chi connectivity index (χ0) is 15.1. The quantitative estimate of drug-likeness (QED) is 0.580. The molecule has 0 saturated heterocycles. The standard InChI is InChI=1S/C12H14N2O5S/c1-8-9(3-2-4-10(8)14(18)19)5-13-11(15)6-20-7-12(16)17/h2-4H,5-7H2,1H3,(H,13,15)(H,16,17). The van der Waals surface area contributed by atoms with Crippen LogP contribution in [0.3, 0.4) is 0 Å². The molecule has 0 saturated carbocycles. The predicted octanol–water partition coefficient (Wildman–Crippen LogP) is 1.34. The minimum atomic E-state index is -0.975. The minimum Gasteiger partial charge on any atom is -0.481 e. The topological polar surface area (TPSA) is 110 Å². The summed E-state index contributed by atoms with van der Waals surface area (Å²) in [5, 5.41) is 21.8. The SMILES string of the molecule is Cc1c(CNC(=O)CSCC(=O)O)cccc1[N+](=O)[O-]. The first-order chi connectivity index (χ1) is 9.41. The van der Waals surface area contributed by atoms with Crippen LogP contribution in [0.15, 0.2) is 18.2 Å². The van der Waals surface area contributed by atoms with Crippen LogP contribution in [0.4, 0.5) is 5.69 Å². The zero-order valence-corrected chi connectivity index (χ0v) is 11.6. The number of hydrogen-bond donors (Lipinski definition) is 2. The highest BCUT2D eigenvalue weighted by molar-refractivity contribution is 8.00. The first-order valence-electron chi connectivity index (χ1n) is 5.71. The van der Waals surface area contributed by atoms with Crippen molar-refractivity contribution < 1.29 is 19.6 Å². The summed E-state index contributed by atoms with van der Waals surface area (Å²) in [7, 11) is 0. The van der Waals surface area contributed by atoms with E-state index in [1.807, 2.05) is 0 Å². The van der Waals surface area contributed by atoms with Crippen LogP contribution in [0.1, 0.15) is 11.1 Å². The van der Waals surface area contributed by atoms with Crippen LogP contribution in [-0.2, 0) is 16.1 Å². The van der Waals surface area contributed by atoms with Crippen molar-refractivity contribution in [3.05, 3.63) is 39.4 Å². The van der Waals surface area contributed by atoms with Crippen molar-refractivity contribution in [2.24, 2.45) is 0 Å². The van der Waals surface area contributed by atoms with E-state index in [-0.39, 0.29) is 29.6 Å². The highest BCUT2D eigenvalue weighted by Crippen LogP contribution is 2.20. The van der Waals surface area contributed by atoms with Crippen molar-refractivity contribution >= 4 is 29.3 Å². The normalized spacial score (nSPS) is 10.1. The molecule has 0 fully saturated rings. The van der Waals surface area contributed by atoms with Crippen molar-refractivity contribution in [2.45, 2.75) is 13.5 Å². The molecule has 0 unspecified atom stereocenters. The number of nitro groups is 1. The Labute approximate surface area is 119 Å². The van der Waals surface area contributed by atoms with Crippen molar-refractivity contribution in [2.75, 3.05) is 11.5 Å². The van der Waals surface area contributed by atoms with Gasteiger partial charge in [0.1, 0.15) is 0 Å². The molecule has 20 heavy (non-hydrogen) atoms. The smallest absolute Gasteiger partial charge is 0.313 e. The summed E-state index contributed by atoms with van der Waals surface area (Å²) in [5.74, 6) is -1.37. The van der Waals surface area contributed by atoms with Gasteiger partial charge in [-0.05, 0) is 12.5 Å². The molecule has 0 radical (unpaired) electrons. The van der Waals surface area contributed by atoms with Gasteiger partial charge in [0.15, 0.2) is 0 Å². The van der Waals surface area contributed by atoms with Crippen LogP contribution >= 0.6 is 11.8 Å². The largest absolute Gasteiger partial charge is 0.481 e. The lowest BCUT2D eigenvalue weighted by atomic mass is 10.1. The van der Waals surface area contributed by atoms with Crippen LogP contribution in [0.5, 0.6) is 0 Å². The molecule has 1 aromatic carbocycles. The van der Waals surface area contributed by atoms with Gasteiger partial charge in [0, 0.05) is 18.2 Å². The van der Waals surface area contributed by atoms with E-state index in [2.05, 4.69) is 5.32 Å². The van der Waals surface area contributed by atoms with Crippen molar-refractivity contribution in [1.29, 1.82) is 0 Å². The van der Waals surface area contributed by atoms with Crippen molar-refractivity contribution in [3.63, 3.8) is 0 Å². The maximum absolute atomic E-state index is 11.5. The van der Waals surface area contributed by atoms with E-state index in [9.17, 15) is 19.7 Å². The fourth-order valence-electron chi connectivity index (χ4n) is 1.54. The average Bonchev–Trinajstić information content (AvgIpc) is 2.36. The maximum atomic E-state index is 11.5. The molecule has 1 aromatic rings. The number of nitrogens with one attached hydrogen (secondary N) is 1. The van der Waals surface area contributed by atoms with E-state index >= 15 is 0 Å². The maximum Gasteiger partial charge on any atom is 0.313 e. The highest BCUT2D eigenvalue weighted by Gasteiger charge is 2.13. The number of thioether (sulfide) groups is 1. The summed E-state index contributed by atoms with van der Waals surface area (Å²) in [5.41, 5.74) is 1.18. The van der Waals surface area contributed by atoms with Gasteiger partial charge in [-0.2, -0.15) is 0 Å². The number of hydrogen-bond acceptors (Lipinski definition) is 5. The van der Waals surface area contributed by atoms with Crippen molar-refractivity contribution in [1.82, 2.24) is 5.32 Å². The molecule has 1 amide bonds. The van der Waals surface area contributed by atoms with Gasteiger partial charge in [-0.1, -0.05) is 12.1 Å². The molecule has 0 bridgehead atoms. The Bertz CT molecular complexity index is 533. The number of carbonyl (C=O) groups is 2. The van der Waals surface area contributed by atoms with Crippen LogP contribution < -0.4 is 5.32 Å². The molecule has 0 aliphatic carbocycles. The summed E-state index contributed by atoms with van der Waals surface area (Å²) >= 11 is 0.997. The number of nitro benzene ring substituents is 1. The fraction of sp³-hybridized carbons (Fsp3) is 0.333. The lowest BCUT2D eigenvalue weighted by Crippen LogP contribution is -2.25. The fourth-order valence-corrected chi connectivity index (χ4v) is 2.10. The number of aliphatic carboxylic acids is 1. The molecule has 0 spiro atoms. The van der Waals surface area contributed by atoms with E-state index in [1.165, 1.54) is 6.07 Å². The van der Waals surface area contributed by atoms with Gasteiger partial charge in [0.2, 0.25) is 5.91 Å². The second kappa shape index (κ2) is 7.49. The Morgan fingerprint density at radius 3 is 2.70 bits per heavy atom. The van der Waals surface area contributed by atoms with Gasteiger partial charge < -0.3 is 10.4 Å². The monoisotopic (exact) mass is 298 g/mol. The third-order valence-electron chi connectivity index (χ3n) is 2.55. The molecule has 7 nitrogen and oxygen atoms in total. The Balaban J connectivity index is 2.53. The molecular formula is C12H14N2O5S. The van der Waals surface area contributed by atoms with E-state index in [1.54, 1.807) is 19.1 Å². The lowest BCUT2D eigenvalue weighted by molar-refractivity contribution is -0.385. The lowest BCUT2D eigenvalue weighted by Gasteiger charge is -2.08. The average molecular weight is 298 g/mol. The number of benzene rings is 1. The van der Waals surface area contributed by atoms with Gasteiger partial charge in [0.05, 0.1) is 16.4 Å². The molecular weight excluding hydrogens is 284 g/mol. The number of amides is 1. The van der Waals surface area contributed by atoms with Gasteiger partial charge >= 0.3 is 5.97 Å². The molecule has 0 atom stereocenters. The summed E-state index contributed by atoms with van der Waals surface area (Å²) in [6, 6.07) is 4.67. The summed E-state index contributed by atoms with van der Waals surface area (Å²) in [6.45, 7) is 1.80. The Morgan fingerprint density at radius 2 is 2.10 bits per heavy atom. The second-order valence-electron chi connectivity index (χ2n) is 3.98. The Kier molecular flexibility index (Phi) is 5.98. The van der Waals surface area contributed by atoms with Gasteiger partial charge in [-0.3, -0.25) is 19.7 Å². The number of rotatable bonds is 7. The Morgan fingerprint density at radius 1 is 1.40 bits per heavy atom. The molecule has 8 heteroatoms. The van der Waals surface area contributed by atoms with Crippen LogP contribution in [0.2, 0.25) is 0 Å². The number of carboxylic acids is 1. The Hall–Kier alpha value is -2.09. The number of carbonyl (C=O) groups excluding carboxylic acids is 1. The third-order valence-corrected chi connectivity index (χ3v) is 3.47. The van der Waals surface area contributed by atoms with Crippen molar-refractivity contribution in [3.8, 4) is 0 Å². The van der Waals surface area contributed by atoms with Gasteiger partial charge in [-0.15, -0.1) is 11.8 Å². The highest BCUT2D eigenvalue weighted by atomic mass is 32.2. The van der Waals surface area contributed by atoms with Gasteiger partial charge in [0.25, 0.3) is 5.69 Å². The molecule has 1 rings (SSSR count). The summed E-state index contributed by atoms with van der Waals surface area (Å²) < 4.78 is 0. The predicted molar refractivity (Wildman–Crippen MR) is 74.6 cm³/mol. The first-order valence-corrected chi connectivity index (χ1v) is 6.86. The van der Waals surface area contributed by atoms with Crippen LogP contribution in [0, 0.1) is 17.0 Å². The van der Waals surface area contributed by atoms with Gasteiger partial charge in [-0.25, -0.2) is 0 Å². The summed E-state index contributed by atoms with van der Waals surface area (Å²) in [4.78, 5) is 32.1. The van der Waals surface area contributed by atoms with E-state index in [0.29, 0.717) is 11.1 Å². The second-order valence-corrected chi connectivity index (χ2v) is 4.97. The molecule has 2 N–H and O–H groups in total. The summed E-state index contributed by atoms with van der Waals surface area (Å²) in [6.07, 6.45) is 0. The molecule has 108 valence electrons. The zero-order valence-electron chi connectivity index (χ0n) is 10.8. The minimum absolute atomic E-state index is 0.0111. The molecule has 0 aliphatic rings. The molecule has 0 heterocycles. The number of carboxylic acid groups (broad SMARTS) is 1. The van der Waals surface area contributed by atoms with Crippen LogP contribution in [0.25, 0.3) is 0 Å². The third kappa shape index (κ3) is 4.88. The number of nitrogens with zero attached hydrogens (tertiary/aromatic N) is 1. The molecule has 0 aromatic heterocycles. The van der Waals surface area contributed by atoms with Crippen LogP contribution in [-0.4, -0.2) is 33.4 Å². The molecule has 0 aliphatic heterocycles. The first kappa shape index (κ1) is 16.0. The van der Waals surface area contributed by atoms with E-state index < -0.39 is 10.9 Å². The van der Waals surface area contributed by atoms with E-state index in [4.69, 9.17) is 5.11 Å². The van der Waals surface area contributed by atoms with E-state index in [0.717, 1.165) is 11.8 Å².